The molecule has 5 heteroatoms. The lowest BCUT2D eigenvalue weighted by molar-refractivity contribution is -0.119. The second kappa shape index (κ2) is 9.16. The number of carbonyl (C=O) groups is 1. The summed E-state index contributed by atoms with van der Waals surface area (Å²) in [7, 11) is 0. The molecule has 2 aromatic rings. The zero-order chi connectivity index (χ0) is 18.2. The van der Waals surface area contributed by atoms with Gasteiger partial charge in [0.05, 0.1) is 0 Å². The van der Waals surface area contributed by atoms with Crippen LogP contribution in [0.4, 0.5) is 5.95 Å². The second-order valence-corrected chi connectivity index (χ2v) is 6.69. The van der Waals surface area contributed by atoms with Crippen LogP contribution in [0.15, 0.2) is 36.7 Å². The number of amides is 1. The van der Waals surface area contributed by atoms with Crippen LogP contribution in [0.5, 0.6) is 0 Å². The molecule has 0 aliphatic carbocycles. The number of aromatic nitrogens is 2. The van der Waals surface area contributed by atoms with Crippen molar-refractivity contribution < 1.29 is 4.79 Å². The van der Waals surface area contributed by atoms with Crippen LogP contribution in [0.2, 0.25) is 0 Å². The van der Waals surface area contributed by atoms with Crippen molar-refractivity contribution in [2.24, 2.45) is 5.92 Å². The Bertz CT molecular complexity index is 667. The Balaban J connectivity index is 1.96. The van der Waals surface area contributed by atoms with E-state index in [9.17, 15) is 4.79 Å². The Labute approximate surface area is 150 Å². The maximum atomic E-state index is 11.1. The Morgan fingerprint density at radius 3 is 2.28 bits per heavy atom. The lowest BCUT2D eigenvalue weighted by atomic mass is 10.0. The molecule has 0 spiro atoms. The molecule has 0 saturated heterocycles. The maximum absolute atomic E-state index is 11.1. The summed E-state index contributed by atoms with van der Waals surface area (Å²) in [5.74, 6) is 1.28. The van der Waals surface area contributed by atoms with Crippen molar-refractivity contribution in [3.05, 3.63) is 42.2 Å². The summed E-state index contributed by atoms with van der Waals surface area (Å²) in [6, 6.07) is 8.44. The predicted octanol–water partition coefficient (Wildman–Crippen LogP) is 3.67. The Morgan fingerprint density at radius 2 is 1.72 bits per heavy atom. The first-order valence-corrected chi connectivity index (χ1v) is 8.90. The van der Waals surface area contributed by atoms with Crippen molar-refractivity contribution in [1.82, 2.24) is 15.3 Å². The smallest absolute Gasteiger partial charge is 0.222 e. The van der Waals surface area contributed by atoms with Gasteiger partial charge in [-0.25, -0.2) is 9.97 Å². The van der Waals surface area contributed by atoms with Crippen LogP contribution in [-0.4, -0.2) is 28.5 Å². The number of nitrogens with zero attached hydrogens (tertiary/aromatic N) is 2. The van der Waals surface area contributed by atoms with E-state index in [0.717, 1.165) is 30.5 Å². The van der Waals surface area contributed by atoms with Crippen LogP contribution in [0.3, 0.4) is 0 Å². The second-order valence-electron chi connectivity index (χ2n) is 6.69. The van der Waals surface area contributed by atoms with Gasteiger partial charge in [-0.3, -0.25) is 4.79 Å². The molecule has 0 saturated carbocycles. The van der Waals surface area contributed by atoms with Crippen LogP contribution < -0.4 is 10.6 Å². The summed E-state index contributed by atoms with van der Waals surface area (Å²) in [6.45, 7) is 8.82. The quantitative estimate of drug-likeness (QED) is 0.769. The average molecular weight is 340 g/mol. The van der Waals surface area contributed by atoms with Crippen LogP contribution in [0, 0.1) is 5.92 Å². The SMILES string of the molecule is CCC(C)CNc1ncc(-c2ccc(CC(C)NC(C)=O)cc2)cn1. The molecular formula is C20H28N4O. The third-order valence-corrected chi connectivity index (χ3v) is 4.24. The van der Waals surface area contributed by atoms with Crippen molar-refractivity contribution in [2.45, 2.75) is 46.6 Å². The van der Waals surface area contributed by atoms with E-state index in [1.165, 1.54) is 5.56 Å². The molecule has 1 heterocycles. The van der Waals surface area contributed by atoms with Gasteiger partial charge in [0, 0.05) is 37.5 Å². The standard InChI is InChI=1S/C20H28N4O/c1-5-14(2)11-21-20-22-12-19(13-23-20)18-8-6-17(7-9-18)10-15(3)24-16(4)25/h6-9,12-15H,5,10-11H2,1-4H3,(H,24,25)(H,21,22,23). The van der Waals surface area contributed by atoms with Gasteiger partial charge >= 0.3 is 0 Å². The van der Waals surface area contributed by atoms with Gasteiger partial charge in [0.1, 0.15) is 0 Å². The van der Waals surface area contributed by atoms with Crippen molar-refractivity contribution in [3.8, 4) is 11.1 Å². The summed E-state index contributed by atoms with van der Waals surface area (Å²) >= 11 is 0. The zero-order valence-corrected chi connectivity index (χ0v) is 15.5. The molecule has 2 N–H and O–H groups in total. The highest BCUT2D eigenvalue weighted by molar-refractivity contribution is 5.73. The highest BCUT2D eigenvalue weighted by Gasteiger charge is 2.06. The van der Waals surface area contributed by atoms with Gasteiger partial charge in [-0.2, -0.15) is 0 Å². The Morgan fingerprint density at radius 1 is 1.08 bits per heavy atom. The Hall–Kier alpha value is -2.43. The maximum Gasteiger partial charge on any atom is 0.222 e. The van der Waals surface area contributed by atoms with Gasteiger partial charge < -0.3 is 10.6 Å². The number of hydrogen-bond acceptors (Lipinski definition) is 4. The molecule has 2 unspecified atom stereocenters. The molecule has 0 aliphatic heterocycles. The van der Waals surface area contributed by atoms with Gasteiger partial charge in [-0.15, -0.1) is 0 Å². The van der Waals surface area contributed by atoms with E-state index in [1.807, 2.05) is 19.3 Å². The average Bonchev–Trinajstić information content (AvgIpc) is 2.60. The lowest BCUT2D eigenvalue weighted by Crippen LogP contribution is -2.31. The topological polar surface area (TPSA) is 66.9 Å². The first-order chi connectivity index (χ1) is 12.0. The van der Waals surface area contributed by atoms with E-state index < -0.39 is 0 Å². The van der Waals surface area contributed by atoms with E-state index >= 15 is 0 Å². The summed E-state index contributed by atoms with van der Waals surface area (Å²) < 4.78 is 0. The number of anilines is 1. The van der Waals surface area contributed by atoms with E-state index in [2.05, 4.69) is 58.7 Å². The zero-order valence-electron chi connectivity index (χ0n) is 15.5. The van der Waals surface area contributed by atoms with Crippen molar-refractivity contribution in [2.75, 3.05) is 11.9 Å². The first kappa shape index (κ1) is 18.9. The number of hydrogen-bond donors (Lipinski definition) is 2. The molecule has 2 rings (SSSR count). The molecule has 0 fully saturated rings. The van der Waals surface area contributed by atoms with Gasteiger partial charge in [-0.1, -0.05) is 44.5 Å². The Kier molecular flexibility index (Phi) is 6.92. The van der Waals surface area contributed by atoms with E-state index in [1.54, 1.807) is 6.92 Å². The fraction of sp³-hybridized carbons (Fsp3) is 0.450. The highest BCUT2D eigenvalue weighted by atomic mass is 16.1. The summed E-state index contributed by atoms with van der Waals surface area (Å²) in [6.07, 6.45) is 5.65. The van der Waals surface area contributed by atoms with E-state index in [4.69, 9.17) is 0 Å². The molecule has 0 bridgehead atoms. The summed E-state index contributed by atoms with van der Waals surface area (Å²) in [5.41, 5.74) is 3.28. The molecular weight excluding hydrogens is 312 g/mol. The normalized spacial score (nSPS) is 13.1. The minimum absolute atomic E-state index is 0.00305. The van der Waals surface area contributed by atoms with Gasteiger partial charge in [0.2, 0.25) is 11.9 Å². The van der Waals surface area contributed by atoms with Crippen molar-refractivity contribution >= 4 is 11.9 Å². The number of nitrogens with one attached hydrogen (secondary N) is 2. The molecule has 5 nitrogen and oxygen atoms in total. The van der Waals surface area contributed by atoms with Crippen LogP contribution >= 0.6 is 0 Å². The molecule has 1 aromatic heterocycles. The van der Waals surface area contributed by atoms with Gasteiger partial charge in [0.15, 0.2) is 0 Å². The van der Waals surface area contributed by atoms with Gasteiger partial charge in [0.25, 0.3) is 0 Å². The van der Waals surface area contributed by atoms with Crippen LogP contribution in [0.1, 0.15) is 39.7 Å². The van der Waals surface area contributed by atoms with E-state index in [-0.39, 0.29) is 11.9 Å². The fourth-order valence-corrected chi connectivity index (χ4v) is 2.56. The van der Waals surface area contributed by atoms with Crippen molar-refractivity contribution in [3.63, 3.8) is 0 Å². The summed E-state index contributed by atoms with van der Waals surface area (Å²) in [5, 5.41) is 6.17. The van der Waals surface area contributed by atoms with Gasteiger partial charge in [-0.05, 0) is 30.4 Å². The number of benzene rings is 1. The third kappa shape index (κ3) is 6.18. The summed E-state index contributed by atoms with van der Waals surface area (Å²) in [4.78, 5) is 19.9. The largest absolute Gasteiger partial charge is 0.354 e. The highest BCUT2D eigenvalue weighted by Crippen LogP contribution is 2.19. The first-order valence-electron chi connectivity index (χ1n) is 8.90. The molecule has 134 valence electrons. The molecule has 0 radical (unpaired) electrons. The molecule has 2 atom stereocenters. The molecule has 0 aliphatic rings. The van der Waals surface area contributed by atoms with Crippen LogP contribution in [-0.2, 0) is 11.2 Å². The minimum atomic E-state index is 0.00305. The van der Waals surface area contributed by atoms with E-state index in [0.29, 0.717) is 11.9 Å². The number of rotatable bonds is 8. The van der Waals surface area contributed by atoms with Crippen molar-refractivity contribution in [1.29, 1.82) is 0 Å². The fourth-order valence-electron chi connectivity index (χ4n) is 2.56. The minimum Gasteiger partial charge on any atom is -0.354 e. The predicted molar refractivity (Wildman–Crippen MR) is 102 cm³/mol. The molecule has 1 aromatic carbocycles. The number of carbonyl (C=O) groups excluding carboxylic acids is 1. The van der Waals surface area contributed by atoms with Crippen LogP contribution in [0.25, 0.3) is 11.1 Å². The third-order valence-electron chi connectivity index (χ3n) is 4.24. The molecule has 1 amide bonds. The monoisotopic (exact) mass is 340 g/mol. The lowest BCUT2D eigenvalue weighted by Gasteiger charge is -2.13. The molecule has 25 heavy (non-hydrogen) atoms.